The molecule has 110 valence electrons. The maximum Gasteiger partial charge on any atom is 0.246 e. The Labute approximate surface area is 123 Å². The number of fused-ring (bicyclic) bond motifs is 2. The van der Waals surface area contributed by atoms with Gasteiger partial charge in [0.05, 0.1) is 0 Å². The predicted octanol–water partition coefficient (Wildman–Crippen LogP) is 1.11. The zero-order chi connectivity index (χ0) is 14.2. The van der Waals surface area contributed by atoms with Crippen molar-refractivity contribution in [1.82, 2.24) is 10.2 Å². The number of likely N-dealkylation sites (tertiary alicyclic amines) is 1. The molecule has 0 aliphatic carbocycles. The van der Waals surface area contributed by atoms with E-state index in [0.29, 0.717) is 11.8 Å². The van der Waals surface area contributed by atoms with Crippen molar-refractivity contribution in [1.29, 1.82) is 0 Å². The minimum Gasteiger partial charge on any atom is -0.454 e. The summed E-state index contributed by atoms with van der Waals surface area (Å²) in [6.07, 6.45) is 3.50. The quantitative estimate of drug-likeness (QED) is 0.827. The number of nitrogens with zero attached hydrogens (tertiary/aromatic N) is 1. The minimum atomic E-state index is 0.0991. The van der Waals surface area contributed by atoms with Gasteiger partial charge in [0.2, 0.25) is 12.7 Å². The number of amides is 1. The van der Waals surface area contributed by atoms with Crippen LogP contribution in [0.1, 0.15) is 5.56 Å². The standard InChI is InChI=1S/C16H18N2O3/c19-16(18-8-12-6-17-7-13(12)9-18)4-2-11-1-3-14-15(5-11)21-10-20-14/h1-5,12-13,17H,6-10H2/b4-2+/t12-,13+. The summed E-state index contributed by atoms with van der Waals surface area (Å²) >= 11 is 0. The number of hydrogen-bond donors (Lipinski definition) is 1. The van der Waals surface area contributed by atoms with Crippen LogP contribution in [0.2, 0.25) is 0 Å². The fourth-order valence-corrected chi connectivity index (χ4v) is 3.33. The van der Waals surface area contributed by atoms with Gasteiger partial charge in [-0.15, -0.1) is 0 Å². The van der Waals surface area contributed by atoms with E-state index in [-0.39, 0.29) is 12.7 Å². The highest BCUT2D eigenvalue weighted by atomic mass is 16.7. The van der Waals surface area contributed by atoms with E-state index in [4.69, 9.17) is 9.47 Å². The molecule has 5 nitrogen and oxygen atoms in total. The first-order chi connectivity index (χ1) is 10.3. The van der Waals surface area contributed by atoms with E-state index in [1.54, 1.807) is 6.08 Å². The minimum absolute atomic E-state index is 0.0991. The molecule has 0 radical (unpaired) electrons. The second-order valence-corrected chi connectivity index (χ2v) is 5.87. The van der Waals surface area contributed by atoms with Gasteiger partial charge in [-0.3, -0.25) is 4.79 Å². The lowest BCUT2D eigenvalue weighted by molar-refractivity contribution is -0.125. The maximum atomic E-state index is 12.2. The summed E-state index contributed by atoms with van der Waals surface area (Å²) in [6, 6.07) is 5.70. The van der Waals surface area contributed by atoms with Crippen LogP contribution >= 0.6 is 0 Å². The van der Waals surface area contributed by atoms with Gasteiger partial charge in [0, 0.05) is 32.3 Å². The van der Waals surface area contributed by atoms with Crippen molar-refractivity contribution >= 4 is 12.0 Å². The van der Waals surface area contributed by atoms with E-state index in [2.05, 4.69) is 5.32 Å². The van der Waals surface area contributed by atoms with Crippen LogP contribution in [0.15, 0.2) is 24.3 Å². The normalized spacial score (nSPS) is 26.6. The Hall–Kier alpha value is -2.01. The Kier molecular flexibility index (Phi) is 3.07. The Morgan fingerprint density at radius 1 is 1.19 bits per heavy atom. The lowest BCUT2D eigenvalue weighted by Crippen LogP contribution is -2.30. The number of nitrogens with one attached hydrogen (secondary N) is 1. The average Bonchev–Trinajstić information content (AvgIpc) is 3.18. The summed E-state index contributed by atoms with van der Waals surface area (Å²) in [5.74, 6) is 2.87. The zero-order valence-electron chi connectivity index (χ0n) is 11.7. The highest BCUT2D eigenvalue weighted by Gasteiger charge is 2.37. The maximum absolute atomic E-state index is 12.2. The number of hydrogen-bond acceptors (Lipinski definition) is 4. The van der Waals surface area contributed by atoms with E-state index in [1.807, 2.05) is 29.2 Å². The Morgan fingerprint density at radius 3 is 2.76 bits per heavy atom. The molecule has 1 aromatic carbocycles. The molecule has 4 rings (SSSR count). The van der Waals surface area contributed by atoms with Gasteiger partial charge in [0.1, 0.15) is 0 Å². The largest absolute Gasteiger partial charge is 0.454 e. The number of carbonyl (C=O) groups is 1. The third kappa shape index (κ3) is 2.38. The van der Waals surface area contributed by atoms with Gasteiger partial charge in [-0.05, 0) is 35.6 Å². The van der Waals surface area contributed by atoms with Crippen LogP contribution < -0.4 is 14.8 Å². The van der Waals surface area contributed by atoms with Crippen molar-refractivity contribution in [2.24, 2.45) is 11.8 Å². The Balaban J connectivity index is 1.42. The van der Waals surface area contributed by atoms with Gasteiger partial charge in [0.15, 0.2) is 11.5 Å². The fourth-order valence-electron chi connectivity index (χ4n) is 3.33. The van der Waals surface area contributed by atoms with E-state index in [1.165, 1.54) is 0 Å². The topological polar surface area (TPSA) is 50.8 Å². The highest BCUT2D eigenvalue weighted by Crippen LogP contribution is 2.33. The number of rotatable bonds is 2. The summed E-state index contributed by atoms with van der Waals surface area (Å²) in [5, 5.41) is 3.38. The molecule has 1 N–H and O–H groups in total. The third-order valence-corrected chi connectivity index (χ3v) is 4.52. The molecular weight excluding hydrogens is 268 g/mol. The lowest BCUT2D eigenvalue weighted by Gasteiger charge is -2.15. The van der Waals surface area contributed by atoms with Crippen molar-refractivity contribution in [2.45, 2.75) is 0 Å². The first-order valence-electron chi connectivity index (χ1n) is 7.37. The molecular formula is C16H18N2O3. The van der Waals surface area contributed by atoms with E-state index in [0.717, 1.165) is 43.2 Å². The molecule has 1 aromatic rings. The molecule has 0 aromatic heterocycles. The van der Waals surface area contributed by atoms with Crippen LogP contribution in [0.25, 0.3) is 6.08 Å². The van der Waals surface area contributed by atoms with Gasteiger partial charge in [0.25, 0.3) is 0 Å². The van der Waals surface area contributed by atoms with Gasteiger partial charge >= 0.3 is 0 Å². The van der Waals surface area contributed by atoms with Crippen molar-refractivity contribution in [2.75, 3.05) is 33.0 Å². The molecule has 3 heterocycles. The summed E-state index contributed by atoms with van der Waals surface area (Å²) in [4.78, 5) is 14.2. The summed E-state index contributed by atoms with van der Waals surface area (Å²) in [7, 11) is 0. The van der Waals surface area contributed by atoms with Crippen molar-refractivity contribution in [3.8, 4) is 11.5 Å². The van der Waals surface area contributed by atoms with Crippen LogP contribution in [0.5, 0.6) is 11.5 Å². The van der Waals surface area contributed by atoms with Crippen molar-refractivity contribution in [3.63, 3.8) is 0 Å². The summed E-state index contributed by atoms with van der Waals surface area (Å²) < 4.78 is 10.6. The monoisotopic (exact) mass is 286 g/mol. The van der Waals surface area contributed by atoms with Crippen LogP contribution in [-0.2, 0) is 4.79 Å². The molecule has 3 aliphatic rings. The first-order valence-corrected chi connectivity index (χ1v) is 7.37. The average molecular weight is 286 g/mol. The van der Waals surface area contributed by atoms with Crippen molar-refractivity contribution < 1.29 is 14.3 Å². The molecule has 0 saturated carbocycles. The van der Waals surface area contributed by atoms with E-state index < -0.39 is 0 Å². The number of benzene rings is 1. The van der Waals surface area contributed by atoms with Gasteiger partial charge < -0.3 is 19.7 Å². The molecule has 2 saturated heterocycles. The smallest absolute Gasteiger partial charge is 0.246 e. The molecule has 0 spiro atoms. The summed E-state index contributed by atoms with van der Waals surface area (Å²) in [6.45, 7) is 4.11. The van der Waals surface area contributed by atoms with Crippen LogP contribution in [0, 0.1) is 11.8 Å². The fraction of sp³-hybridized carbons (Fsp3) is 0.438. The molecule has 1 amide bonds. The molecule has 5 heteroatoms. The number of carbonyl (C=O) groups excluding carboxylic acids is 1. The molecule has 0 unspecified atom stereocenters. The van der Waals surface area contributed by atoms with Gasteiger partial charge in [-0.25, -0.2) is 0 Å². The van der Waals surface area contributed by atoms with Crippen LogP contribution in [-0.4, -0.2) is 43.8 Å². The second kappa shape index (κ2) is 5.07. The van der Waals surface area contributed by atoms with Crippen molar-refractivity contribution in [3.05, 3.63) is 29.8 Å². The highest BCUT2D eigenvalue weighted by molar-refractivity contribution is 5.92. The van der Waals surface area contributed by atoms with E-state index in [9.17, 15) is 4.79 Å². The zero-order valence-corrected chi connectivity index (χ0v) is 11.7. The van der Waals surface area contributed by atoms with E-state index >= 15 is 0 Å². The van der Waals surface area contributed by atoms with Crippen LogP contribution in [0.3, 0.4) is 0 Å². The molecule has 0 bridgehead atoms. The van der Waals surface area contributed by atoms with Gasteiger partial charge in [-0.2, -0.15) is 0 Å². The number of ether oxygens (including phenoxy) is 2. The Morgan fingerprint density at radius 2 is 1.95 bits per heavy atom. The first kappa shape index (κ1) is 12.7. The predicted molar refractivity (Wildman–Crippen MR) is 78.0 cm³/mol. The molecule has 2 atom stereocenters. The molecule has 3 aliphatic heterocycles. The SMILES string of the molecule is O=C(/C=C/c1ccc2c(c1)OCO2)N1C[C@H]2CNC[C@H]2C1. The van der Waals surface area contributed by atoms with Gasteiger partial charge in [-0.1, -0.05) is 6.07 Å². The third-order valence-electron chi connectivity index (χ3n) is 4.52. The second-order valence-electron chi connectivity index (χ2n) is 5.87. The van der Waals surface area contributed by atoms with Crippen LogP contribution in [0.4, 0.5) is 0 Å². The lowest BCUT2D eigenvalue weighted by atomic mass is 10.0. The molecule has 21 heavy (non-hydrogen) atoms. The summed E-state index contributed by atoms with van der Waals surface area (Å²) in [5.41, 5.74) is 0.952. The Bertz CT molecular complexity index is 587. The molecule has 2 fully saturated rings.